The van der Waals surface area contributed by atoms with Gasteiger partial charge in [-0.2, -0.15) is 0 Å². The number of Topliss-reactive ketones (excluding diaryl/α,β-unsaturated/α-hetero) is 1. The Morgan fingerprint density at radius 2 is 1.96 bits per heavy atom. The number of aliphatic hydroxyl groups excluding tert-OH is 1. The highest BCUT2D eigenvalue weighted by atomic mass is 16.6. The molecule has 0 aromatic heterocycles. The fourth-order valence-corrected chi connectivity index (χ4v) is 2.89. The summed E-state index contributed by atoms with van der Waals surface area (Å²) < 4.78 is 10.6. The van der Waals surface area contributed by atoms with E-state index in [0.717, 1.165) is 13.1 Å². The summed E-state index contributed by atoms with van der Waals surface area (Å²) in [4.78, 5) is 26.2. The van der Waals surface area contributed by atoms with Crippen molar-refractivity contribution in [2.75, 3.05) is 45.9 Å². The Morgan fingerprint density at radius 1 is 1.28 bits per heavy atom. The lowest BCUT2D eigenvalue weighted by atomic mass is 10.1. The third-order valence-corrected chi connectivity index (χ3v) is 4.22. The first kappa shape index (κ1) is 19.2. The predicted molar refractivity (Wildman–Crippen MR) is 92.1 cm³/mol. The molecule has 2 N–H and O–H groups in total. The van der Waals surface area contributed by atoms with Crippen molar-refractivity contribution >= 4 is 11.9 Å². The third kappa shape index (κ3) is 5.72. The molecule has 1 aliphatic heterocycles. The van der Waals surface area contributed by atoms with Crippen LogP contribution in [0.25, 0.3) is 0 Å². The molecule has 2 rings (SSSR count). The Morgan fingerprint density at radius 3 is 2.60 bits per heavy atom. The van der Waals surface area contributed by atoms with Crippen molar-refractivity contribution in [2.24, 2.45) is 0 Å². The lowest BCUT2D eigenvalue weighted by molar-refractivity contribution is -0.907. The molecule has 7 heteroatoms. The molecule has 7 nitrogen and oxygen atoms in total. The summed E-state index contributed by atoms with van der Waals surface area (Å²) in [5, 5.41) is 10.2. The van der Waals surface area contributed by atoms with E-state index < -0.39 is 6.10 Å². The summed E-state index contributed by atoms with van der Waals surface area (Å²) in [6.45, 7) is 7.10. The average Bonchev–Trinajstić information content (AvgIpc) is 2.61. The molecule has 1 amide bonds. The Kier molecular flexibility index (Phi) is 7.21. The summed E-state index contributed by atoms with van der Waals surface area (Å²) in [6.07, 6.45) is -0.907. The quantitative estimate of drug-likeness (QED) is 0.675. The van der Waals surface area contributed by atoms with Gasteiger partial charge in [0.2, 0.25) is 0 Å². The number of piperazine rings is 1. The zero-order chi connectivity index (χ0) is 18.2. The predicted octanol–water partition coefficient (Wildman–Crippen LogP) is -0.0141. The van der Waals surface area contributed by atoms with E-state index in [1.807, 2.05) is 0 Å². The molecule has 25 heavy (non-hydrogen) atoms. The van der Waals surface area contributed by atoms with Gasteiger partial charge in [-0.3, -0.25) is 9.69 Å². The van der Waals surface area contributed by atoms with Crippen LogP contribution in [-0.4, -0.2) is 73.9 Å². The van der Waals surface area contributed by atoms with Gasteiger partial charge in [0, 0.05) is 0 Å². The summed E-state index contributed by atoms with van der Waals surface area (Å²) in [7, 11) is 0. The van der Waals surface area contributed by atoms with Gasteiger partial charge in [-0.1, -0.05) is 12.1 Å². The molecule has 0 unspecified atom stereocenters. The Hall–Kier alpha value is -2.12. The first-order valence-electron chi connectivity index (χ1n) is 8.67. The zero-order valence-electron chi connectivity index (χ0n) is 14.9. The fraction of sp³-hybridized carbons (Fsp3) is 0.556. The molecule has 0 radical (unpaired) electrons. The molecule has 1 fully saturated rings. The maximum Gasteiger partial charge on any atom is 0.410 e. The van der Waals surface area contributed by atoms with Gasteiger partial charge >= 0.3 is 6.09 Å². The highest BCUT2D eigenvalue weighted by molar-refractivity contribution is 5.96. The van der Waals surface area contributed by atoms with Gasteiger partial charge in [-0.25, -0.2) is 4.79 Å². The van der Waals surface area contributed by atoms with E-state index in [4.69, 9.17) is 9.47 Å². The smallest absolute Gasteiger partial charge is 0.410 e. The van der Waals surface area contributed by atoms with Crippen LogP contribution < -0.4 is 9.64 Å². The van der Waals surface area contributed by atoms with Crippen molar-refractivity contribution in [3.63, 3.8) is 0 Å². The number of quaternary nitrogens is 1. The molecule has 1 heterocycles. The van der Waals surface area contributed by atoms with E-state index in [9.17, 15) is 14.7 Å². The number of ether oxygens (including phenoxy) is 2. The number of aliphatic hydroxyl groups is 1. The monoisotopic (exact) mass is 351 g/mol. The summed E-state index contributed by atoms with van der Waals surface area (Å²) in [5.41, 5.74) is 0.519. The van der Waals surface area contributed by atoms with E-state index in [-0.39, 0.29) is 18.5 Å². The minimum atomic E-state index is -0.635. The number of para-hydroxylation sites is 1. The maximum absolute atomic E-state index is 11.7. The number of benzene rings is 1. The van der Waals surface area contributed by atoms with Crippen molar-refractivity contribution in [2.45, 2.75) is 20.0 Å². The van der Waals surface area contributed by atoms with Crippen molar-refractivity contribution < 1.29 is 29.1 Å². The Labute approximate surface area is 148 Å². The first-order valence-corrected chi connectivity index (χ1v) is 8.67. The van der Waals surface area contributed by atoms with Crippen LogP contribution in [0.3, 0.4) is 0 Å². The number of ketones is 1. The third-order valence-electron chi connectivity index (χ3n) is 4.22. The zero-order valence-corrected chi connectivity index (χ0v) is 14.9. The minimum Gasteiger partial charge on any atom is -0.490 e. The maximum atomic E-state index is 11.7. The highest BCUT2D eigenvalue weighted by Crippen LogP contribution is 2.18. The molecular formula is C18H27N2O5+. The second-order valence-electron chi connectivity index (χ2n) is 6.16. The highest BCUT2D eigenvalue weighted by Gasteiger charge is 2.26. The van der Waals surface area contributed by atoms with Crippen LogP contribution in [0.2, 0.25) is 0 Å². The number of nitrogens with zero attached hydrogens (tertiary/aromatic N) is 1. The number of carbonyl (C=O) groups is 2. The van der Waals surface area contributed by atoms with Crippen LogP contribution in [0.15, 0.2) is 24.3 Å². The van der Waals surface area contributed by atoms with E-state index in [2.05, 4.69) is 0 Å². The van der Waals surface area contributed by atoms with Gasteiger partial charge in [0.05, 0.1) is 38.3 Å². The molecule has 0 saturated carbocycles. The van der Waals surface area contributed by atoms with Gasteiger partial charge in [0.15, 0.2) is 5.78 Å². The lowest BCUT2D eigenvalue weighted by Gasteiger charge is -2.32. The topological polar surface area (TPSA) is 80.5 Å². The average molecular weight is 351 g/mol. The van der Waals surface area contributed by atoms with Crippen molar-refractivity contribution in [3.05, 3.63) is 29.8 Å². The minimum absolute atomic E-state index is 0.0641. The van der Waals surface area contributed by atoms with Crippen LogP contribution >= 0.6 is 0 Å². The Balaban J connectivity index is 1.76. The van der Waals surface area contributed by atoms with Crippen LogP contribution in [0, 0.1) is 0 Å². The van der Waals surface area contributed by atoms with Crippen molar-refractivity contribution in [3.8, 4) is 5.75 Å². The van der Waals surface area contributed by atoms with E-state index in [0.29, 0.717) is 37.6 Å². The van der Waals surface area contributed by atoms with Gasteiger partial charge in [0.1, 0.15) is 25.0 Å². The number of hydrogen-bond donors (Lipinski definition) is 2. The van der Waals surface area contributed by atoms with Crippen LogP contribution in [0.4, 0.5) is 4.79 Å². The summed E-state index contributed by atoms with van der Waals surface area (Å²) in [5.74, 6) is 0.432. The second kappa shape index (κ2) is 9.39. The molecule has 1 aromatic rings. The lowest BCUT2D eigenvalue weighted by Crippen LogP contribution is -3.16. The number of nitrogens with one attached hydrogen (secondary N) is 1. The SMILES string of the molecule is CCOC(=O)N1CC[NH+](C[C@H](O)COc2ccccc2C(C)=O)CC1. The van der Waals surface area contributed by atoms with Gasteiger partial charge in [-0.05, 0) is 26.0 Å². The van der Waals surface area contributed by atoms with Crippen LogP contribution in [0.1, 0.15) is 24.2 Å². The van der Waals surface area contributed by atoms with Crippen molar-refractivity contribution in [1.82, 2.24) is 4.90 Å². The standard InChI is InChI=1S/C18H26N2O5/c1-3-24-18(23)20-10-8-19(9-11-20)12-15(22)13-25-17-7-5-4-6-16(17)14(2)21/h4-7,15,22H,3,8-13H2,1-2H3/p+1/t15-/m0/s1. The normalized spacial score (nSPS) is 16.4. The van der Waals surface area contributed by atoms with E-state index in [1.165, 1.54) is 11.8 Å². The molecular weight excluding hydrogens is 324 g/mol. The van der Waals surface area contributed by atoms with Crippen LogP contribution in [-0.2, 0) is 4.74 Å². The molecule has 0 aliphatic carbocycles. The number of carbonyl (C=O) groups excluding carboxylic acids is 2. The van der Waals surface area contributed by atoms with Gasteiger partial charge < -0.3 is 19.5 Å². The molecule has 0 bridgehead atoms. The van der Waals surface area contributed by atoms with Gasteiger partial charge in [0.25, 0.3) is 0 Å². The van der Waals surface area contributed by atoms with Crippen LogP contribution in [0.5, 0.6) is 5.75 Å². The van der Waals surface area contributed by atoms with Gasteiger partial charge in [-0.15, -0.1) is 0 Å². The largest absolute Gasteiger partial charge is 0.490 e. The molecule has 1 aliphatic rings. The summed E-state index contributed by atoms with van der Waals surface area (Å²) >= 11 is 0. The Bertz CT molecular complexity index is 585. The number of amides is 1. The van der Waals surface area contributed by atoms with E-state index in [1.54, 1.807) is 36.1 Å². The molecule has 1 saturated heterocycles. The molecule has 138 valence electrons. The second-order valence-corrected chi connectivity index (χ2v) is 6.16. The van der Waals surface area contributed by atoms with E-state index >= 15 is 0 Å². The molecule has 1 aromatic carbocycles. The fourth-order valence-electron chi connectivity index (χ4n) is 2.89. The first-order chi connectivity index (χ1) is 12.0. The summed E-state index contributed by atoms with van der Waals surface area (Å²) in [6, 6.07) is 7.03. The molecule has 1 atom stereocenters. The molecule has 0 spiro atoms. The number of hydrogen-bond acceptors (Lipinski definition) is 5. The number of rotatable bonds is 7. The van der Waals surface area contributed by atoms with Crippen molar-refractivity contribution in [1.29, 1.82) is 0 Å².